The molecule has 0 aliphatic carbocycles. The molecule has 30 heavy (non-hydrogen) atoms. The van der Waals surface area contributed by atoms with Gasteiger partial charge in [-0.25, -0.2) is 4.68 Å². The Morgan fingerprint density at radius 3 is 2.67 bits per heavy atom. The van der Waals surface area contributed by atoms with Gasteiger partial charge in [-0.15, -0.1) is 5.10 Å². The summed E-state index contributed by atoms with van der Waals surface area (Å²) in [6.07, 6.45) is 1.88. The van der Waals surface area contributed by atoms with Gasteiger partial charge in [0.25, 0.3) is 0 Å². The van der Waals surface area contributed by atoms with Crippen LogP contribution in [0.4, 0.5) is 0 Å². The normalized spacial score (nSPS) is 15.6. The van der Waals surface area contributed by atoms with Crippen molar-refractivity contribution in [3.8, 4) is 11.5 Å². The number of aromatic hydroxyl groups is 1. The third-order valence-corrected chi connectivity index (χ3v) is 6.22. The largest absolute Gasteiger partial charge is 0.504 e. The molecule has 0 fully saturated rings. The number of hydrogen-bond acceptors (Lipinski definition) is 6. The minimum absolute atomic E-state index is 0.123. The highest BCUT2D eigenvalue weighted by Gasteiger charge is 2.34. The molecule has 4 rings (SSSR count). The van der Waals surface area contributed by atoms with Crippen molar-refractivity contribution in [1.82, 2.24) is 25.1 Å². The van der Waals surface area contributed by atoms with Crippen LogP contribution in [-0.2, 0) is 18.5 Å². The molecule has 1 aromatic heterocycles. The number of phenolic OH excluding ortho intramolecular Hbond substituents is 1. The lowest BCUT2D eigenvalue weighted by Gasteiger charge is -2.36. The fourth-order valence-electron chi connectivity index (χ4n) is 4.07. The molecule has 0 saturated heterocycles. The first kappa shape index (κ1) is 20.3. The summed E-state index contributed by atoms with van der Waals surface area (Å²) in [5.74, 6) is 1.37. The zero-order chi connectivity index (χ0) is 21.3. The molecule has 0 saturated carbocycles. The lowest BCUT2D eigenvalue weighted by atomic mass is 9.95. The fourth-order valence-corrected chi connectivity index (χ4v) is 4.07. The van der Waals surface area contributed by atoms with E-state index in [0.29, 0.717) is 5.75 Å². The molecule has 2 heterocycles. The van der Waals surface area contributed by atoms with Crippen molar-refractivity contribution in [2.24, 2.45) is 0 Å². The summed E-state index contributed by atoms with van der Waals surface area (Å²) in [6, 6.07) is 13.9. The first-order chi connectivity index (χ1) is 14.4. The van der Waals surface area contributed by atoms with Crippen LogP contribution in [0.1, 0.15) is 55.7 Å². The molecule has 3 aromatic rings. The van der Waals surface area contributed by atoms with Crippen LogP contribution < -0.4 is 4.74 Å². The predicted molar refractivity (Wildman–Crippen MR) is 114 cm³/mol. The van der Waals surface area contributed by atoms with Gasteiger partial charge in [0, 0.05) is 13.1 Å². The molecule has 1 N–H and O–H groups in total. The highest BCUT2D eigenvalue weighted by atomic mass is 16.5. The Labute approximate surface area is 177 Å². The topological polar surface area (TPSA) is 76.3 Å². The van der Waals surface area contributed by atoms with Gasteiger partial charge in [-0.05, 0) is 65.9 Å². The molecule has 0 radical (unpaired) electrons. The molecule has 1 atom stereocenters. The maximum Gasteiger partial charge on any atom is 0.173 e. The van der Waals surface area contributed by atoms with Gasteiger partial charge in [-0.1, -0.05) is 37.3 Å². The number of rotatable bonds is 6. The number of tetrazole rings is 1. The van der Waals surface area contributed by atoms with Crippen LogP contribution in [0.3, 0.4) is 0 Å². The van der Waals surface area contributed by atoms with E-state index in [1.807, 2.05) is 16.8 Å². The molecule has 0 spiro atoms. The Morgan fingerprint density at radius 1 is 1.17 bits per heavy atom. The lowest BCUT2D eigenvalue weighted by molar-refractivity contribution is 0.181. The Kier molecular flexibility index (Phi) is 5.47. The summed E-state index contributed by atoms with van der Waals surface area (Å²) >= 11 is 0. The third-order valence-electron chi connectivity index (χ3n) is 6.22. The zero-order valence-corrected chi connectivity index (χ0v) is 18.0. The predicted octanol–water partition coefficient (Wildman–Crippen LogP) is 3.68. The van der Waals surface area contributed by atoms with Gasteiger partial charge in [-0.3, -0.25) is 4.90 Å². The van der Waals surface area contributed by atoms with Gasteiger partial charge in [-0.2, -0.15) is 0 Å². The van der Waals surface area contributed by atoms with Crippen LogP contribution in [0.25, 0.3) is 0 Å². The van der Waals surface area contributed by atoms with Gasteiger partial charge >= 0.3 is 0 Å². The molecular formula is C23H29N5O2. The van der Waals surface area contributed by atoms with Crippen molar-refractivity contribution >= 4 is 0 Å². The molecule has 0 bridgehead atoms. The number of hydrogen-bond donors (Lipinski definition) is 1. The highest BCUT2D eigenvalue weighted by Crippen LogP contribution is 2.37. The van der Waals surface area contributed by atoms with Crippen LogP contribution >= 0.6 is 0 Å². The minimum atomic E-state index is -0.216. The fraction of sp³-hybridized carbons (Fsp3) is 0.435. The second-order valence-electron chi connectivity index (χ2n) is 8.44. The number of aromatic nitrogens is 4. The van der Waals surface area contributed by atoms with E-state index >= 15 is 0 Å². The van der Waals surface area contributed by atoms with E-state index in [9.17, 15) is 5.11 Å². The van der Waals surface area contributed by atoms with Gasteiger partial charge in [0.2, 0.25) is 0 Å². The van der Waals surface area contributed by atoms with E-state index in [1.54, 1.807) is 13.2 Å². The molecule has 158 valence electrons. The quantitative estimate of drug-likeness (QED) is 0.672. The molecular weight excluding hydrogens is 378 g/mol. The average molecular weight is 408 g/mol. The smallest absolute Gasteiger partial charge is 0.173 e. The molecule has 1 aliphatic rings. The van der Waals surface area contributed by atoms with E-state index < -0.39 is 0 Å². The van der Waals surface area contributed by atoms with E-state index in [-0.39, 0.29) is 17.3 Å². The first-order valence-corrected chi connectivity index (χ1v) is 10.4. The number of phenols is 1. The second-order valence-corrected chi connectivity index (χ2v) is 8.44. The number of nitrogens with zero attached hydrogens (tertiary/aromatic N) is 5. The molecule has 1 aliphatic heterocycles. The first-order valence-electron chi connectivity index (χ1n) is 10.4. The summed E-state index contributed by atoms with van der Waals surface area (Å²) in [6.45, 7) is 8.13. The molecule has 2 aromatic carbocycles. The Hall–Kier alpha value is -2.93. The van der Waals surface area contributed by atoms with Crippen LogP contribution in [0.2, 0.25) is 0 Å². The standard InChI is InChI=1S/C23H29N5O2/c1-5-23(2,3)28-22(24-25-26-28)21(17-10-11-19(29)20(14-17)30-4)27-13-12-16-8-6-7-9-18(16)15-27/h6-11,14,21,29H,5,12-13,15H2,1-4H3/t21-/m0/s1. The van der Waals surface area contributed by atoms with Crippen molar-refractivity contribution in [3.05, 3.63) is 65.0 Å². The third kappa shape index (κ3) is 3.65. The second kappa shape index (κ2) is 8.07. The maximum absolute atomic E-state index is 10.1. The monoisotopic (exact) mass is 407 g/mol. The molecule has 7 heteroatoms. The lowest BCUT2D eigenvalue weighted by Crippen LogP contribution is -2.38. The SMILES string of the molecule is CCC(C)(C)n1nnnc1[C@H](c1ccc(O)c(OC)c1)N1CCc2ccccc2C1. The maximum atomic E-state index is 10.1. The van der Waals surface area contributed by atoms with Crippen LogP contribution in [0.15, 0.2) is 42.5 Å². The van der Waals surface area contributed by atoms with Crippen molar-refractivity contribution in [3.63, 3.8) is 0 Å². The Balaban J connectivity index is 1.82. The van der Waals surface area contributed by atoms with Crippen molar-refractivity contribution in [1.29, 1.82) is 0 Å². The Bertz CT molecular complexity index is 1030. The van der Waals surface area contributed by atoms with Crippen LogP contribution in [-0.4, -0.2) is 43.9 Å². The van der Waals surface area contributed by atoms with E-state index in [0.717, 1.165) is 37.3 Å². The van der Waals surface area contributed by atoms with Crippen molar-refractivity contribution < 1.29 is 9.84 Å². The van der Waals surface area contributed by atoms with Gasteiger partial charge in [0.05, 0.1) is 18.7 Å². The summed E-state index contributed by atoms with van der Waals surface area (Å²) in [5, 5.41) is 23.0. The number of ether oxygens (including phenoxy) is 1. The highest BCUT2D eigenvalue weighted by molar-refractivity contribution is 5.44. The minimum Gasteiger partial charge on any atom is -0.504 e. The Morgan fingerprint density at radius 2 is 1.93 bits per heavy atom. The van der Waals surface area contributed by atoms with Gasteiger partial charge < -0.3 is 9.84 Å². The summed E-state index contributed by atoms with van der Waals surface area (Å²) in [7, 11) is 1.56. The van der Waals surface area contributed by atoms with Gasteiger partial charge in [0.1, 0.15) is 0 Å². The summed E-state index contributed by atoms with van der Waals surface area (Å²) in [4.78, 5) is 2.40. The van der Waals surface area contributed by atoms with Crippen molar-refractivity contribution in [2.75, 3.05) is 13.7 Å². The summed E-state index contributed by atoms with van der Waals surface area (Å²) in [5.41, 5.74) is 3.50. The molecule has 0 amide bonds. The number of benzene rings is 2. The van der Waals surface area contributed by atoms with E-state index in [4.69, 9.17) is 4.74 Å². The average Bonchev–Trinajstić information content (AvgIpc) is 3.25. The zero-order valence-electron chi connectivity index (χ0n) is 18.0. The van der Waals surface area contributed by atoms with E-state index in [2.05, 4.69) is 65.5 Å². The van der Waals surface area contributed by atoms with E-state index in [1.165, 1.54) is 11.1 Å². The number of fused-ring (bicyclic) bond motifs is 1. The molecule has 7 nitrogen and oxygen atoms in total. The molecule has 0 unspecified atom stereocenters. The number of methoxy groups -OCH3 is 1. The van der Waals surface area contributed by atoms with Gasteiger partial charge in [0.15, 0.2) is 17.3 Å². The summed E-state index contributed by atoms with van der Waals surface area (Å²) < 4.78 is 7.33. The van der Waals surface area contributed by atoms with Crippen LogP contribution in [0, 0.1) is 0 Å². The van der Waals surface area contributed by atoms with Crippen LogP contribution in [0.5, 0.6) is 11.5 Å². The van der Waals surface area contributed by atoms with Crippen molar-refractivity contribution in [2.45, 2.75) is 51.7 Å².